The summed E-state index contributed by atoms with van der Waals surface area (Å²) in [6.45, 7) is 4.54. The van der Waals surface area contributed by atoms with Crippen LogP contribution >= 0.6 is 0 Å². The Morgan fingerprint density at radius 2 is 2.00 bits per heavy atom. The fourth-order valence-electron chi connectivity index (χ4n) is 2.35. The van der Waals surface area contributed by atoms with Crippen molar-refractivity contribution in [3.63, 3.8) is 0 Å². The van der Waals surface area contributed by atoms with E-state index < -0.39 is 11.9 Å². The maximum absolute atomic E-state index is 11.6. The number of amides is 1. The first-order chi connectivity index (χ1) is 8.54. The number of carbonyl (C=O) groups is 2. The molecular weight excluding hydrogens is 232 g/mol. The van der Waals surface area contributed by atoms with Gasteiger partial charge in [0, 0.05) is 6.54 Å². The number of aliphatic carboxylic acids is 1. The average molecular weight is 256 g/mol. The van der Waals surface area contributed by atoms with Crippen molar-refractivity contribution in [3.8, 4) is 0 Å². The Morgan fingerprint density at radius 3 is 2.50 bits per heavy atom. The van der Waals surface area contributed by atoms with Crippen LogP contribution in [0.3, 0.4) is 0 Å². The molecule has 5 nitrogen and oxygen atoms in total. The molecule has 0 radical (unpaired) electrons. The molecule has 1 rings (SSSR count). The van der Waals surface area contributed by atoms with Crippen molar-refractivity contribution < 1.29 is 14.7 Å². The lowest BCUT2D eigenvalue weighted by Gasteiger charge is -2.28. The lowest BCUT2D eigenvalue weighted by Crippen LogP contribution is -2.37. The van der Waals surface area contributed by atoms with Gasteiger partial charge in [0.05, 0.1) is 0 Å². The Balaban J connectivity index is 2.21. The number of rotatable bonds is 6. The number of carboxylic acids is 1. The molecule has 1 atom stereocenters. The summed E-state index contributed by atoms with van der Waals surface area (Å²) in [5.74, 6) is -1.62. The number of piperidine rings is 1. The quantitative estimate of drug-likeness (QED) is 0.694. The highest BCUT2D eigenvalue weighted by atomic mass is 16.4. The Kier molecular flexibility index (Phi) is 6.12. The van der Waals surface area contributed by atoms with Crippen LogP contribution in [0.2, 0.25) is 0 Å². The van der Waals surface area contributed by atoms with Gasteiger partial charge in [-0.3, -0.25) is 9.59 Å². The summed E-state index contributed by atoms with van der Waals surface area (Å²) in [5.41, 5.74) is 0. The maximum Gasteiger partial charge on any atom is 0.316 e. The Bertz CT molecular complexity index is 286. The number of carbonyl (C=O) groups excluding carboxylic acids is 1. The summed E-state index contributed by atoms with van der Waals surface area (Å²) in [4.78, 5) is 24.7. The van der Waals surface area contributed by atoms with Crippen LogP contribution in [-0.2, 0) is 9.59 Å². The number of nitrogens with one attached hydrogen (secondary N) is 1. The third-order valence-electron chi connectivity index (χ3n) is 3.71. The molecule has 1 heterocycles. The van der Waals surface area contributed by atoms with Gasteiger partial charge >= 0.3 is 5.97 Å². The molecule has 0 aliphatic carbocycles. The average Bonchev–Trinajstić information content (AvgIpc) is 2.32. The molecule has 1 aliphatic rings. The van der Waals surface area contributed by atoms with Gasteiger partial charge in [0.25, 0.3) is 0 Å². The lowest BCUT2D eigenvalue weighted by atomic mass is 9.94. The summed E-state index contributed by atoms with van der Waals surface area (Å²) >= 11 is 0. The predicted octanol–water partition coefficient (Wildman–Crippen LogP) is 0.945. The fourth-order valence-corrected chi connectivity index (χ4v) is 2.35. The van der Waals surface area contributed by atoms with Gasteiger partial charge in [0.1, 0.15) is 5.92 Å². The van der Waals surface area contributed by atoms with Crippen molar-refractivity contribution in [1.82, 2.24) is 10.2 Å². The Morgan fingerprint density at radius 1 is 1.39 bits per heavy atom. The van der Waals surface area contributed by atoms with E-state index in [1.807, 2.05) is 0 Å². The molecule has 0 aromatic rings. The van der Waals surface area contributed by atoms with Crippen molar-refractivity contribution in [2.24, 2.45) is 11.8 Å². The van der Waals surface area contributed by atoms with E-state index in [4.69, 9.17) is 5.11 Å². The molecule has 0 aromatic heterocycles. The highest BCUT2D eigenvalue weighted by molar-refractivity contribution is 5.96. The van der Waals surface area contributed by atoms with E-state index in [1.54, 1.807) is 6.92 Å². The predicted molar refractivity (Wildman–Crippen MR) is 69.3 cm³/mol. The molecule has 1 aliphatic heterocycles. The van der Waals surface area contributed by atoms with Gasteiger partial charge in [-0.2, -0.15) is 0 Å². The molecule has 1 amide bonds. The van der Waals surface area contributed by atoms with Crippen molar-refractivity contribution in [2.45, 2.75) is 32.6 Å². The second-order valence-electron chi connectivity index (χ2n) is 5.13. The van der Waals surface area contributed by atoms with Crippen LogP contribution < -0.4 is 5.32 Å². The maximum atomic E-state index is 11.6. The second kappa shape index (κ2) is 7.36. The van der Waals surface area contributed by atoms with E-state index in [1.165, 1.54) is 12.8 Å². The number of carboxylic acid groups (broad SMARTS) is 1. The zero-order valence-electron chi connectivity index (χ0n) is 11.3. The summed E-state index contributed by atoms with van der Waals surface area (Å²) in [6, 6.07) is 0. The SMILES string of the molecule is CCC(C(=O)O)C(=O)NCCC1CCN(C)CC1. The summed E-state index contributed by atoms with van der Waals surface area (Å²) < 4.78 is 0. The fraction of sp³-hybridized carbons (Fsp3) is 0.846. The third-order valence-corrected chi connectivity index (χ3v) is 3.71. The van der Waals surface area contributed by atoms with Crippen LogP contribution in [0.4, 0.5) is 0 Å². The van der Waals surface area contributed by atoms with Gasteiger partial charge in [-0.1, -0.05) is 6.92 Å². The van der Waals surface area contributed by atoms with Crippen molar-refractivity contribution in [1.29, 1.82) is 0 Å². The number of nitrogens with zero attached hydrogens (tertiary/aromatic N) is 1. The van der Waals surface area contributed by atoms with E-state index in [-0.39, 0.29) is 5.91 Å². The van der Waals surface area contributed by atoms with Crippen LogP contribution in [0.5, 0.6) is 0 Å². The zero-order chi connectivity index (χ0) is 13.5. The molecular formula is C13H24N2O3. The molecule has 0 saturated carbocycles. The molecule has 1 saturated heterocycles. The Hall–Kier alpha value is -1.10. The summed E-state index contributed by atoms with van der Waals surface area (Å²) in [7, 11) is 2.12. The van der Waals surface area contributed by atoms with E-state index in [0.717, 1.165) is 19.5 Å². The molecule has 2 N–H and O–H groups in total. The van der Waals surface area contributed by atoms with Crippen LogP contribution in [0, 0.1) is 11.8 Å². The molecule has 104 valence electrons. The van der Waals surface area contributed by atoms with Crippen molar-refractivity contribution in [2.75, 3.05) is 26.7 Å². The van der Waals surface area contributed by atoms with Crippen LogP contribution in [-0.4, -0.2) is 48.6 Å². The minimum Gasteiger partial charge on any atom is -0.481 e. The summed E-state index contributed by atoms with van der Waals surface area (Å²) in [5, 5.41) is 11.6. The molecule has 18 heavy (non-hydrogen) atoms. The molecule has 0 bridgehead atoms. The monoisotopic (exact) mass is 256 g/mol. The van der Waals surface area contributed by atoms with Crippen molar-refractivity contribution >= 4 is 11.9 Å². The minimum absolute atomic E-state index is 0.343. The minimum atomic E-state index is -1.03. The van der Waals surface area contributed by atoms with Crippen LogP contribution in [0.25, 0.3) is 0 Å². The highest BCUT2D eigenvalue weighted by Crippen LogP contribution is 2.18. The number of hydrogen-bond acceptors (Lipinski definition) is 3. The standard InChI is InChI=1S/C13H24N2O3/c1-3-11(13(17)18)12(16)14-7-4-10-5-8-15(2)9-6-10/h10-11H,3-9H2,1-2H3,(H,14,16)(H,17,18). The second-order valence-corrected chi connectivity index (χ2v) is 5.13. The van der Waals surface area contributed by atoms with Gasteiger partial charge in [0.15, 0.2) is 0 Å². The lowest BCUT2D eigenvalue weighted by molar-refractivity contribution is -0.147. The van der Waals surface area contributed by atoms with Crippen LogP contribution in [0.15, 0.2) is 0 Å². The van der Waals surface area contributed by atoms with E-state index in [2.05, 4.69) is 17.3 Å². The molecule has 0 spiro atoms. The topological polar surface area (TPSA) is 69.6 Å². The van der Waals surface area contributed by atoms with Gasteiger partial charge in [-0.05, 0) is 51.7 Å². The van der Waals surface area contributed by atoms with E-state index >= 15 is 0 Å². The normalized spacial score (nSPS) is 19.4. The van der Waals surface area contributed by atoms with E-state index in [0.29, 0.717) is 18.9 Å². The van der Waals surface area contributed by atoms with Gasteiger partial charge in [0.2, 0.25) is 5.91 Å². The molecule has 1 unspecified atom stereocenters. The third kappa shape index (κ3) is 4.64. The molecule has 0 aromatic carbocycles. The van der Waals surface area contributed by atoms with Crippen molar-refractivity contribution in [3.05, 3.63) is 0 Å². The first-order valence-electron chi connectivity index (χ1n) is 6.73. The smallest absolute Gasteiger partial charge is 0.316 e. The van der Waals surface area contributed by atoms with Gasteiger partial charge in [-0.15, -0.1) is 0 Å². The Labute approximate surface area is 109 Å². The number of hydrogen-bond donors (Lipinski definition) is 2. The largest absolute Gasteiger partial charge is 0.481 e. The molecule has 5 heteroatoms. The number of likely N-dealkylation sites (tertiary alicyclic amines) is 1. The first kappa shape index (κ1) is 15.0. The molecule has 1 fully saturated rings. The van der Waals surface area contributed by atoms with E-state index in [9.17, 15) is 9.59 Å². The highest BCUT2D eigenvalue weighted by Gasteiger charge is 2.24. The van der Waals surface area contributed by atoms with Gasteiger partial charge < -0.3 is 15.3 Å². The first-order valence-corrected chi connectivity index (χ1v) is 6.73. The summed E-state index contributed by atoms with van der Waals surface area (Å²) in [6.07, 6.45) is 3.63. The van der Waals surface area contributed by atoms with Crippen LogP contribution in [0.1, 0.15) is 32.6 Å². The zero-order valence-corrected chi connectivity index (χ0v) is 11.3. The van der Waals surface area contributed by atoms with Gasteiger partial charge in [-0.25, -0.2) is 0 Å².